The Hall–Kier alpha value is 0.177. The smallest absolute Gasteiger partial charge is 0.170 e. The van der Waals surface area contributed by atoms with E-state index in [1.807, 2.05) is 0 Å². The first kappa shape index (κ1) is 10.2. The van der Waals surface area contributed by atoms with Crippen molar-refractivity contribution in [3.63, 3.8) is 0 Å². The van der Waals surface area contributed by atoms with E-state index in [0.29, 0.717) is 0 Å². The number of hydrogen-bond donors (Lipinski definition) is 0. The molecule has 2 heteroatoms. The first-order valence-electron chi connectivity index (χ1n) is 4.20. The summed E-state index contributed by atoms with van der Waals surface area (Å²) < 4.78 is 5.47. The molecule has 0 aromatic rings. The van der Waals surface area contributed by atoms with Gasteiger partial charge in [-0.2, -0.15) is 0 Å². The Labute approximate surface area is 66.5 Å². The number of hydrogen-bond acceptors (Lipinski definition) is 1. The van der Waals surface area contributed by atoms with Gasteiger partial charge in [0.2, 0.25) is 0 Å². The zero-order chi connectivity index (χ0) is 7.82. The van der Waals surface area contributed by atoms with E-state index in [4.69, 9.17) is 4.43 Å². The van der Waals surface area contributed by atoms with Gasteiger partial charge in [0.25, 0.3) is 0 Å². The fraction of sp³-hybridized carbons (Fsp3) is 0.875. The standard InChI is InChI=1S/C8H19OSi/c1-4-5-6-7-8-9-10(2)3/h7,10H,4-6,8H2,1-3H3. The highest BCUT2D eigenvalue weighted by molar-refractivity contribution is 6.48. The Morgan fingerprint density at radius 3 is 2.60 bits per heavy atom. The van der Waals surface area contributed by atoms with Crippen molar-refractivity contribution in [2.75, 3.05) is 6.61 Å². The average molecular weight is 159 g/mol. The van der Waals surface area contributed by atoms with Crippen LogP contribution in [0.3, 0.4) is 0 Å². The van der Waals surface area contributed by atoms with Gasteiger partial charge in [0.1, 0.15) is 0 Å². The Morgan fingerprint density at radius 2 is 2.10 bits per heavy atom. The molecular weight excluding hydrogens is 140 g/mol. The molecule has 10 heavy (non-hydrogen) atoms. The van der Waals surface area contributed by atoms with Gasteiger partial charge >= 0.3 is 0 Å². The van der Waals surface area contributed by atoms with Crippen molar-refractivity contribution in [3.05, 3.63) is 6.42 Å². The van der Waals surface area contributed by atoms with Gasteiger partial charge in [-0.1, -0.05) is 19.8 Å². The van der Waals surface area contributed by atoms with Crippen molar-refractivity contribution < 1.29 is 4.43 Å². The van der Waals surface area contributed by atoms with E-state index in [2.05, 4.69) is 26.4 Å². The van der Waals surface area contributed by atoms with Gasteiger partial charge in [-0.3, -0.25) is 0 Å². The maximum Gasteiger partial charge on any atom is 0.170 e. The van der Waals surface area contributed by atoms with E-state index in [-0.39, 0.29) is 0 Å². The van der Waals surface area contributed by atoms with E-state index in [0.717, 1.165) is 6.61 Å². The SMILES string of the molecule is CCCC[CH]CO[SiH](C)C. The summed E-state index contributed by atoms with van der Waals surface area (Å²) in [7, 11) is -0.753. The van der Waals surface area contributed by atoms with Gasteiger partial charge in [0.15, 0.2) is 9.04 Å². The van der Waals surface area contributed by atoms with E-state index in [1.165, 1.54) is 19.3 Å². The molecule has 0 saturated carbocycles. The lowest BCUT2D eigenvalue weighted by atomic mass is 10.2. The van der Waals surface area contributed by atoms with Crippen molar-refractivity contribution in [2.24, 2.45) is 0 Å². The highest BCUT2D eigenvalue weighted by Gasteiger charge is 1.93. The highest BCUT2D eigenvalue weighted by Crippen LogP contribution is 1.98. The summed E-state index contributed by atoms with van der Waals surface area (Å²) in [4.78, 5) is 0. The van der Waals surface area contributed by atoms with Crippen molar-refractivity contribution in [1.82, 2.24) is 0 Å². The van der Waals surface area contributed by atoms with Gasteiger partial charge in [-0.05, 0) is 25.9 Å². The maximum absolute atomic E-state index is 5.47. The molecule has 0 fully saturated rings. The normalized spacial score (nSPS) is 10.8. The molecule has 1 radical (unpaired) electrons. The molecule has 0 rings (SSSR count). The molecule has 0 heterocycles. The highest BCUT2D eigenvalue weighted by atomic mass is 28.3. The van der Waals surface area contributed by atoms with Crippen LogP contribution in [0.15, 0.2) is 0 Å². The third kappa shape index (κ3) is 8.18. The van der Waals surface area contributed by atoms with Crippen LogP contribution in [0, 0.1) is 6.42 Å². The second-order valence-corrected chi connectivity index (χ2v) is 5.24. The first-order valence-corrected chi connectivity index (χ1v) is 6.98. The minimum atomic E-state index is -0.753. The van der Waals surface area contributed by atoms with E-state index in [9.17, 15) is 0 Å². The van der Waals surface area contributed by atoms with E-state index < -0.39 is 9.04 Å². The van der Waals surface area contributed by atoms with Crippen LogP contribution < -0.4 is 0 Å². The lowest BCUT2D eigenvalue weighted by Crippen LogP contribution is -2.08. The van der Waals surface area contributed by atoms with E-state index in [1.54, 1.807) is 0 Å². The molecular formula is C8H19OSi. The third-order valence-electron chi connectivity index (χ3n) is 1.31. The monoisotopic (exact) mass is 159 g/mol. The maximum atomic E-state index is 5.47. The topological polar surface area (TPSA) is 9.23 Å². The van der Waals surface area contributed by atoms with E-state index >= 15 is 0 Å². The molecule has 0 spiro atoms. The molecule has 0 aliphatic rings. The summed E-state index contributed by atoms with van der Waals surface area (Å²) in [6.07, 6.45) is 6.06. The molecule has 0 aromatic carbocycles. The fourth-order valence-corrected chi connectivity index (χ4v) is 1.21. The zero-order valence-electron chi connectivity index (χ0n) is 7.39. The Morgan fingerprint density at radius 1 is 1.40 bits per heavy atom. The van der Waals surface area contributed by atoms with Crippen molar-refractivity contribution in [1.29, 1.82) is 0 Å². The molecule has 0 atom stereocenters. The Kier molecular flexibility index (Phi) is 7.41. The lowest BCUT2D eigenvalue weighted by molar-refractivity contribution is 0.353. The first-order chi connectivity index (χ1) is 4.77. The van der Waals surface area contributed by atoms with Gasteiger partial charge in [0, 0.05) is 6.61 Å². The van der Waals surface area contributed by atoms with Crippen LogP contribution in [-0.4, -0.2) is 15.6 Å². The van der Waals surface area contributed by atoms with Gasteiger partial charge in [0.05, 0.1) is 0 Å². The summed E-state index contributed by atoms with van der Waals surface area (Å²) in [6, 6.07) is 0. The molecule has 0 N–H and O–H groups in total. The quantitative estimate of drug-likeness (QED) is 0.427. The molecule has 0 aliphatic carbocycles. The second kappa shape index (κ2) is 7.29. The fourth-order valence-electron chi connectivity index (χ4n) is 0.692. The van der Waals surface area contributed by atoms with Gasteiger partial charge in [-0.15, -0.1) is 0 Å². The molecule has 0 bridgehead atoms. The molecule has 1 nitrogen and oxygen atoms in total. The van der Waals surface area contributed by atoms with Crippen LogP contribution in [0.1, 0.15) is 26.2 Å². The van der Waals surface area contributed by atoms with Crippen LogP contribution in [0.2, 0.25) is 13.1 Å². The largest absolute Gasteiger partial charge is 0.420 e. The lowest BCUT2D eigenvalue weighted by Gasteiger charge is -2.04. The van der Waals surface area contributed by atoms with Crippen molar-refractivity contribution in [2.45, 2.75) is 39.3 Å². The van der Waals surface area contributed by atoms with Crippen molar-refractivity contribution >= 4 is 9.04 Å². The summed E-state index contributed by atoms with van der Waals surface area (Å²) in [6.45, 7) is 7.50. The van der Waals surface area contributed by atoms with Crippen LogP contribution in [0.5, 0.6) is 0 Å². The Balaban J connectivity index is 2.77. The average Bonchev–Trinajstić information content (AvgIpc) is 1.87. The predicted molar refractivity (Wildman–Crippen MR) is 48.7 cm³/mol. The summed E-state index contributed by atoms with van der Waals surface area (Å²) >= 11 is 0. The summed E-state index contributed by atoms with van der Waals surface area (Å²) in [5, 5.41) is 0. The van der Waals surface area contributed by atoms with Gasteiger partial charge < -0.3 is 4.43 Å². The van der Waals surface area contributed by atoms with Crippen LogP contribution in [0.25, 0.3) is 0 Å². The Bertz CT molecular complexity index is 64.3. The molecule has 0 amide bonds. The predicted octanol–water partition coefficient (Wildman–Crippen LogP) is 2.38. The van der Waals surface area contributed by atoms with Crippen LogP contribution >= 0.6 is 0 Å². The molecule has 0 saturated heterocycles. The molecule has 0 aromatic heterocycles. The minimum Gasteiger partial charge on any atom is -0.420 e. The van der Waals surface area contributed by atoms with Crippen LogP contribution in [0.4, 0.5) is 0 Å². The molecule has 0 aliphatic heterocycles. The third-order valence-corrected chi connectivity index (χ3v) is 2.17. The van der Waals surface area contributed by atoms with Crippen molar-refractivity contribution in [3.8, 4) is 0 Å². The minimum absolute atomic E-state index is 0.753. The summed E-state index contributed by atoms with van der Waals surface area (Å²) in [5.74, 6) is 0. The number of unbranched alkanes of at least 4 members (excludes halogenated alkanes) is 3. The van der Waals surface area contributed by atoms with Gasteiger partial charge in [-0.25, -0.2) is 0 Å². The second-order valence-electron chi connectivity index (χ2n) is 2.81. The number of rotatable bonds is 6. The summed E-state index contributed by atoms with van der Waals surface area (Å²) in [5.41, 5.74) is 0. The van der Waals surface area contributed by atoms with Crippen LogP contribution in [-0.2, 0) is 4.43 Å². The molecule has 0 unspecified atom stereocenters. The molecule has 61 valence electrons. The zero-order valence-corrected chi connectivity index (χ0v) is 8.55.